The maximum absolute atomic E-state index is 13.0. The van der Waals surface area contributed by atoms with Crippen LogP contribution >= 0.6 is 0 Å². The Hall–Kier alpha value is -4.38. The summed E-state index contributed by atoms with van der Waals surface area (Å²) in [5.41, 5.74) is 6.89. The van der Waals surface area contributed by atoms with Crippen LogP contribution in [0.2, 0.25) is 0 Å². The molecular weight excluding hydrogens is 396 g/mol. The average Bonchev–Trinajstić information content (AvgIpc) is 3.26. The highest BCUT2D eigenvalue weighted by molar-refractivity contribution is 6.06. The second kappa shape index (κ2) is 8.40. The molecule has 32 heavy (non-hydrogen) atoms. The molecule has 0 fully saturated rings. The highest BCUT2D eigenvalue weighted by Crippen LogP contribution is 2.26. The van der Waals surface area contributed by atoms with Gasteiger partial charge < -0.3 is 15.0 Å². The second-order valence-electron chi connectivity index (χ2n) is 7.66. The van der Waals surface area contributed by atoms with E-state index in [0.717, 1.165) is 28.3 Å². The van der Waals surface area contributed by atoms with Gasteiger partial charge in [0, 0.05) is 29.2 Å². The van der Waals surface area contributed by atoms with Gasteiger partial charge in [0.25, 0.3) is 5.91 Å². The zero-order valence-corrected chi connectivity index (χ0v) is 17.6. The summed E-state index contributed by atoms with van der Waals surface area (Å²) in [6.07, 6.45) is 3.83. The zero-order valence-electron chi connectivity index (χ0n) is 17.6. The largest absolute Gasteiger partial charge is 0.354 e. The molecule has 0 aliphatic heterocycles. The van der Waals surface area contributed by atoms with Crippen LogP contribution in [0.1, 0.15) is 15.9 Å². The van der Waals surface area contributed by atoms with Gasteiger partial charge in [-0.3, -0.25) is 4.79 Å². The topological polar surface area (TPSA) is 58.4 Å². The fourth-order valence-corrected chi connectivity index (χ4v) is 3.56. The third kappa shape index (κ3) is 4.09. The number of anilines is 3. The first-order valence-electron chi connectivity index (χ1n) is 10.4. The van der Waals surface area contributed by atoms with E-state index in [1.165, 1.54) is 5.56 Å². The van der Waals surface area contributed by atoms with Crippen molar-refractivity contribution in [2.24, 2.45) is 0 Å². The molecule has 156 valence electrons. The summed E-state index contributed by atoms with van der Waals surface area (Å²) >= 11 is 0. The van der Waals surface area contributed by atoms with Crippen LogP contribution in [-0.2, 0) is 0 Å². The monoisotopic (exact) mass is 418 g/mol. The van der Waals surface area contributed by atoms with Gasteiger partial charge in [0.2, 0.25) is 0 Å². The van der Waals surface area contributed by atoms with Crippen molar-refractivity contribution >= 4 is 28.6 Å². The van der Waals surface area contributed by atoms with Gasteiger partial charge in [-0.05, 0) is 43.3 Å². The number of benzene rings is 3. The quantitative estimate of drug-likeness (QED) is 0.352. The summed E-state index contributed by atoms with van der Waals surface area (Å²) in [4.78, 5) is 17.7. The minimum atomic E-state index is -0.185. The van der Waals surface area contributed by atoms with E-state index in [1.54, 1.807) is 12.1 Å². The van der Waals surface area contributed by atoms with Crippen molar-refractivity contribution in [2.45, 2.75) is 6.92 Å². The maximum Gasteiger partial charge on any atom is 0.255 e. The van der Waals surface area contributed by atoms with Crippen LogP contribution in [0.5, 0.6) is 0 Å². The van der Waals surface area contributed by atoms with E-state index in [-0.39, 0.29) is 5.91 Å². The molecule has 2 heterocycles. The molecule has 0 bridgehead atoms. The zero-order chi connectivity index (χ0) is 21.9. The molecule has 1 amide bonds. The first-order chi connectivity index (χ1) is 15.7. The highest BCUT2D eigenvalue weighted by Gasteiger charge is 2.12. The number of aromatic nitrogens is 2. The Kier molecular flexibility index (Phi) is 5.14. The van der Waals surface area contributed by atoms with E-state index in [0.29, 0.717) is 11.3 Å². The number of nitrogens with one attached hydrogen (secondary N) is 2. The SMILES string of the molecule is Cc1ccc(Nc2ccccc2NC(=O)c2ccn3cc(-c4ccccc4)nc3c2)cc1. The fraction of sp³-hybridized carbons (Fsp3) is 0.0370. The normalized spacial score (nSPS) is 10.8. The van der Waals surface area contributed by atoms with Crippen molar-refractivity contribution < 1.29 is 4.79 Å². The van der Waals surface area contributed by atoms with Crippen molar-refractivity contribution in [3.8, 4) is 11.3 Å². The third-order valence-corrected chi connectivity index (χ3v) is 5.30. The Balaban J connectivity index is 1.38. The Morgan fingerprint density at radius 3 is 2.34 bits per heavy atom. The molecule has 3 aromatic carbocycles. The number of hydrogen-bond acceptors (Lipinski definition) is 3. The second-order valence-corrected chi connectivity index (χ2v) is 7.66. The number of nitrogens with zero attached hydrogens (tertiary/aromatic N) is 2. The van der Waals surface area contributed by atoms with Crippen LogP contribution in [0.3, 0.4) is 0 Å². The smallest absolute Gasteiger partial charge is 0.255 e. The number of imidazole rings is 1. The number of aryl methyl sites for hydroxylation is 1. The van der Waals surface area contributed by atoms with Crippen LogP contribution in [0.15, 0.2) is 103 Å². The van der Waals surface area contributed by atoms with Gasteiger partial charge in [-0.25, -0.2) is 4.98 Å². The van der Waals surface area contributed by atoms with Gasteiger partial charge in [-0.1, -0.05) is 60.2 Å². The molecule has 5 nitrogen and oxygen atoms in total. The average molecular weight is 419 g/mol. The summed E-state index contributed by atoms with van der Waals surface area (Å²) in [6.45, 7) is 2.05. The van der Waals surface area contributed by atoms with Gasteiger partial charge in [0.15, 0.2) is 0 Å². The predicted molar refractivity (Wildman–Crippen MR) is 129 cm³/mol. The molecule has 2 N–H and O–H groups in total. The number of carbonyl (C=O) groups is 1. The Labute approximate surface area is 186 Å². The number of amides is 1. The molecule has 0 spiro atoms. The van der Waals surface area contributed by atoms with Gasteiger partial charge in [0.1, 0.15) is 5.65 Å². The van der Waals surface area contributed by atoms with Crippen LogP contribution < -0.4 is 10.6 Å². The molecular formula is C27H22N4O. The van der Waals surface area contributed by atoms with Crippen LogP contribution in [0, 0.1) is 6.92 Å². The highest BCUT2D eigenvalue weighted by atomic mass is 16.1. The Morgan fingerprint density at radius 1 is 0.844 bits per heavy atom. The van der Waals surface area contributed by atoms with Crippen molar-refractivity contribution in [2.75, 3.05) is 10.6 Å². The lowest BCUT2D eigenvalue weighted by molar-refractivity contribution is 0.102. The Morgan fingerprint density at radius 2 is 1.56 bits per heavy atom. The summed E-state index contributed by atoms with van der Waals surface area (Å²) in [7, 11) is 0. The van der Waals surface area contributed by atoms with E-state index in [9.17, 15) is 4.79 Å². The number of fused-ring (bicyclic) bond motifs is 1. The summed E-state index contributed by atoms with van der Waals surface area (Å²) in [5.74, 6) is -0.185. The number of pyridine rings is 1. The number of rotatable bonds is 5. The molecule has 0 radical (unpaired) electrons. The standard InChI is InChI=1S/C27H22N4O/c1-19-11-13-22(14-12-19)28-23-9-5-6-10-24(23)30-27(32)21-15-16-31-18-25(29-26(31)17-21)20-7-3-2-4-8-20/h2-18,28H,1H3,(H,30,32). The number of para-hydroxylation sites is 2. The van der Waals surface area contributed by atoms with Gasteiger partial charge >= 0.3 is 0 Å². The number of carbonyl (C=O) groups excluding carboxylic acids is 1. The summed E-state index contributed by atoms with van der Waals surface area (Å²) in [5, 5.41) is 6.40. The molecule has 2 aromatic heterocycles. The number of hydrogen-bond donors (Lipinski definition) is 2. The molecule has 5 heteroatoms. The van der Waals surface area contributed by atoms with Crippen molar-refractivity contribution in [3.63, 3.8) is 0 Å². The van der Waals surface area contributed by atoms with Gasteiger partial charge in [-0.2, -0.15) is 0 Å². The molecule has 0 saturated heterocycles. The minimum absolute atomic E-state index is 0.185. The van der Waals surface area contributed by atoms with E-state index >= 15 is 0 Å². The lowest BCUT2D eigenvalue weighted by Crippen LogP contribution is -2.13. The Bertz CT molecular complexity index is 1390. The summed E-state index contributed by atoms with van der Waals surface area (Å²) in [6, 6.07) is 29.4. The van der Waals surface area contributed by atoms with Crippen LogP contribution in [0.25, 0.3) is 16.9 Å². The molecule has 5 rings (SSSR count). The van der Waals surface area contributed by atoms with Gasteiger partial charge in [-0.15, -0.1) is 0 Å². The molecule has 0 atom stereocenters. The lowest BCUT2D eigenvalue weighted by atomic mass is 10.2. The van der Waals surface area contributed by atoms with Crippen molar-refractivity contribution in [1.29, 1.82) is 0 Å². The molecule has 0 unspecified atom stereocenters. The van der Waals surface area contributed by atoms with Crippen molar-refractivity contribution in [3.05, 3.63) is 115 Å². The molecule has 0 saturated carbocycles. The first-order valence-corrected chi connectivity index (χ1v) is 10.4. The van der Waals surface area contributed by atoms with E-state index in [4.69, 9.17) is 0 Å². The van der Waals surface area contributed by atoms with Gasteiger partial charge in [0.05, 0.1) is 17.1 Å². The molecule has 5 aromatic rings. The fourth-order valence-electron chi connectivity index (χ4n) is 3.56. The minimum Gasteiger partial charge on any atom is -0.354 e. The predicted octanol–water partition coefficient (Wildman–Crippen LogP) is 6.31. The van der Waals surface area contributed by atoms with Crippen molar-refractivity contribution in [1.82, 2.24) is 9.38 Å². The molecule has 0 aliphatic rings. The first kappa shape index (κ1) is 19.6. The van der Waals surface area contributed by atoms with E-state index < -0.39 is 0 Å². The van der Waals surface area contributed by atoms with E-state index in [2.05, 4.69) is 22.5 Å². The maximum atomic E-state index is 13.0. The summed E-state index contributed by atoms with van der Waals surface area (Å²) < 4.78 is 1.92. The lowest BCUT2D eigenvalue weighted by Gasteiger charge is -2.13. The van der Waals surface area contributed by atoms with Crippen LogP contribution in [0.4, 0.5) is 17.1 Å². The third-order valence-electron chi connectivity index (χ3n) is 5.30. The van der Waals surface area contributed by atoms with Crippen LogP contribution in [-0.4, -0.2) is 15.3 Å². The van der Waals surface area contributed by atoms with E-state index in [1.807, 2.05) is 95.7 Å². The molecule has 0 aliphatic carbocycles.